The Balaban J connectivity index is 2.02. The molecule has 0 aromatic carbocycles. The second kappa shape index (κ2) is 6.74. The standard InChI is InChI=1S/C12H25N3O/c1-10(2)6-8-16-9-7-14-12(13)15(3)11-4-5-11/h10-11H,4-9H2,1-3H3,(H2,13,14). The molecule has 0 amide bonds. The minimum Gasteiger partial charge on any atom is -0.380 e. The van der Waals surface area contributed by atoms with E-state index < -0.39 is 0 Å². The first kappa shape index (κ1) is 13.3. The topological polar surface area (TPSA) is 50.9 Å². The van der Waals surface area contributed by atoms with Gasteiger partial charge in [-0.2, -0.15) is 0 Å². The van der Waals surface area contributed by atoms with Crippen LogP contribution in [0.4, 0.5) is 0 Å². The minimum atomic E-state index is 0.630. The molecule has 0 bridgehead atoms. The van der Waals surface area contributed by atoms with Crippen LogP contribution in [0.5, 0.6) is 0 Å². The maximum Gasteiger partial charge on any atom is 0.191 e. The Hall–Kier alpha value is -0.770. The van der Waals surface area contributed by atoms with E-state index >= 15 is 0 Å². The van der Waals surface area contributed by atoms with Gasteiger partial charge in [0.15, 0.2) is 5.96 Å². The molecule has 0 heterocycles. The summed E-state index contributed by atoms with van der Waals surface area (Å²) in [7, 11) is 2.01. The molecule has 1 aliphatic carbocycles. The lowest BCUT2D eigenvalue weighted by atomic mass is 10.1. The highest BCUT2D eigenvalue weighted by Gasteiger charge is 2.27. The fraction of sp³-hybridized carbons (Fsp3) is 0.917. The molecule has 0 aromatic rings. The Morgan fingerprint density at radius 1 is 1.44 bits per heavy atom. The average molecular weight is 227 g/mol. The summed E-state index contributed by atoms with van der Waals surface area (Å²) in [4.78, 5) is 6.36. The largest absolute Gasteiger partial charge is 0.380 e. The normalized spacial score (nSPS) is 16.9. The molecule has 0 aromatic heterocycles. The summed E-state index contributed by atoms with van der Waals surface area (Å²) in [6, 6.07) is 0.630. The zero-order chi connectivity index (χ0) is 12.0. The van der Waals surface area contributed by atoms with E-state index in [0.29, 0.717) is 31.1 Å². The number of ether oxygens (including phenoxy) is 1. The van der Waals surface area contributed by atoms with Gasteiger partial charge in [0.2, 0.25) is 0 Å². The van der Waals surface area contributed by atoms with Crippen LogP contribution < -0.4 is 5.73 Å². The van der Waals surface area contributed by atoms with Gasteiger partial charge in [-0.15, -0.1) is 0 Å². The number of hydrogen-bond donors (Lipinski definition) is 1. The summed E-state index contributed by atoms with van der Waals surface area (Å²) < 4.78 is 5.47. The van der Waals surface area contributed by atoms with E-state index in [0.717, 1.165) is 13.0 Å². The quantitative estimate of drug-likeness (QED) is 0.407. The minimum absolute atomic E-state index is 0.630. The monoisotopic (exact) mass is 227 g/mol. The van der Waals surface area contributed by atoms with Crippen LogP contribution in [-0.2, 0) is 4.74 Å². The first-order valence-electron chi connectivity index (χ1n) is 6.21. The van der Waals surface area contributed by atoms with Gasteiger partial charge in [-0.1, -0.05) is 13.8 Å². The van der Waals surface area contributed by atoms with Crippen molar-refractivity contribution in [2.24, 2.45) is 16.6 Å². The molecule has 0 unspecified atom stereocenters. The Morgan fingerprint density at radius 2 is 2.12 bits per heavy atom. The summed E-state index contributed by atoms with van der Waals surface area (Å²) in [5.74, 6) is 1.35. The number of aliphatic imine (C=N–C) groups is 1. The van der Waals surface area contributed by atoms with Crippen molar-refractivity contribution in [2.45, 2.75) is 39.2 Å². The van der Waals surface area contributed by atoms with Crippen molar-refractivity contribution in [3.05, 3.63) is 0 Å². The molecule has 2 N–H and O–H groups in total. The third-order valence-corrected chi connectivity index (χ3v) is 2.80. The molecule has 16 heavy (non-hydrogen) atoms. The Morgan fingerprint density at radius 3 is 2.69 bits per heavy atom. The van der Waals surface area contributed by atoms with Gasteiger partial charge in [-0.25, -0.2) is 0 Å². The van der Waals surface area contributed by atoms with Gasteiger partial charge in [0.05, 0.1) is 13.2 Å². The van der Waals surface area contributed by atoms with Gasteiger partial charge in [-0.05, 0) is 25.2 Å². The van der Waals surface area contributed by atoms with Crippen LogP contribution in [0.3, 0.4) is 0 Å². The van der Waals surface area contributed by atoms with E-state index in [1.807, 2.05) is 7.05 Å². The van der Waals surface area contributed by atoms with E-state index in [1.165, 1.54) is 12.8 Å². The molecule has 1 aliphatic rings. The van der Waals surface area contributed by atoms with Gasteiger partial charge < -0.3 is 15.4 Å². The number of hydrogen-bond acceptors (Lipinski definition) is 2. The maximum absolute atomic E-state index is 5.84. The van der Waals surface area contributed by atoms with Crippen LogP contribution in [0.1, 0.15) is 33.1 Å². The van der Waals surface area contributed by atoms with Crippen LogP contribution in [0.25, 0.3) is 0 Å². The van der Waals surface area contributed by atoms with Crippen molar-refractivity contribution in [1.29, 1.82) is 0 Å². The first-order chi connectivity index (χ1) is 7.61. The molecule has 4 heteroatoms. The van der Waals surface area contributed by atoms with Gasteiger partial charge in [-0.3, -0.25) is 4.99 Å². The third kappa shape index (κ3) is 5.35. The number of nitrogens with two attached hydrogens (primary N) is 1. The lowest BCUT2D eigenvalue weighted by molar-refractivity contribution is 0.130. The molecule has 0 saturated heterocycles. The van der Waals surface area contributed by atoms with E-state index in [9.17, 15) is 0 Å². The summed E-state index contributed by atoms with van der Waals surface area (Å²) >= 11 is 0. The second-order valence-electron chi connectivity index (χ2n) is 4.88. The smallest absolute Gasteiger partial charge is 0.191 e. The Labute approximate surface area is 98.9 Å². The van der Waals surface area contributed by atoms with E-state index in [4.69, 9.17) is 10.5 Å². The molecule has 0 atom stereocenters. The molecule has 0 radical (unpaired) electrons. The first-order valence-corrected chi connectivity index (χ1v) is 6.21. The zero-order valence-electron chi connectivity index (χ0n) is 10.8. The molecule has 1 fully saturated rings. The average Bonchev–Trinajstić information content (AvgIpc) is 3.05. The highest BCUT2D eigenvalue weighted by molar-refractivity contribution is 5.78. The van der Waals surface area contributed by atoms with Gasteiger partial charge in [0, 0.05) is 19.7 Å². The number of nitrogens with zero attached hydrogens (tertiary/aromatic N) is 2. The zero-order valence-corrected chi connectivity index (χ0v) is 10.8. The molecular formula is C12H25N3O. The predicted octanol–water partition coefficient (Wildman–Crippen LogP) is 1.46. The molecule has 0 aliphatic heterocycles. The molecule has 1 rings (SSSR count). The predicted molar refractivity (Wildman–Crippen MR) is 67.5 cm³/mol. The van der Waals surface area contributed by atoms with Crippen LogP contribution in [0.15, 0.2) is 4.99 Å². The second-order valence-corrected chi connectivity index (χ2v) is 4.88. The van der Waals surface area contributed by atoms with Crippen LogP contribution in [0.2, 0.25) is 0 Å². The van der Waals surface area contributed by atoms with E-state index in [2.05, 4.69) is 23.7 Å². The fourth-order valence-corrected chi connectivity index (χ4v) is 1.41. The summed E-state index contributed by atoms with van der Waals surface area (Å²) in [5, 5.41) is 0. The van der Waals surface area contributed by atoms with Crippen LogP contribution in [0, 0.1) is 5.92 Å². The maximum atomic E-state index is 5.84. The lowest BCUT2D eigenvalue weighted by Gasteiger charge is -2.16. The lowest BCUT2D eigenvalue weighted by Crippen LogP contribution is -2.36. The van der Waals surface area contributed by atoms with Crippen molar-refractivity contribution < 1.29 is 4.74 Å². The molecular weight excluding hydrogens is 202 g/mol. The number of guanidine groups is 1. The van der Waals surface area contributed by atoms with Gasteiger partial charge in [0.1, 0.15) is 0 Å². The van der Waals surface area contributed by atoms with E-state index in [-0.39, 0.29) is 0 Å². The molecule has 0 spiro atoms. The fourth-order valence-electron chi connectivity index (χ4n) is 1.41. The summed E-state index contributed by atoms with van der Waals surface area (Å²) in [6.07, 6.45) is 3.61. The summed E-state index contributed by atoms with van der Waals surface area (Å²) in [5.41, 5.74) is 5.84. The van der Waals surface area contributed by atoms with Crippen molar-refractivity contribution in [3.63, 3.8) is 0 Å². The summed E-state index contributed by atoms with van der Waals surface area (Å²) in [6.45, 7) is 6.56. The van der Waals surface area contributed by atoms with Crippen molar-refractivity contribution in [1.82, 2.24) is 4.90 Å². The highest BCUT2D eigenvalue weighted by Crippen LogP contribution is 2.24. The Kier molecular flexibility index (Phi) is 5.60. The SMILES string of the molecule is CC(C)CCOCCN=C(N)N(C)C1CC1. The molecule has 1 saturated carbocycles. The van der Waals surface area contributed by atoms with Crippen molar-refractivity contribution in [3.8, 4) is 0 Å². The van der Waals surface area contributed by atoms with Crippen LogP contribution in [-0.4, -0.2) is 43.7 Å². The third-order valence-electron chi connectivity index (χ3n) is 2.80. The van der Waals surface area contributed by atoms with Crippen molar-refractivity contribution in [2.75, 3.05) is 26.8 Å². The van der Waals surface area contributed by atoms with Crippen molar-refractivity contribution >= 4 is 5.96 Å². The molecule has 94 valence electrons. The van der Waals surface area contributed by atoms with Gasteiger partial charge in [0.25, 0.3) is 0 Å². The molecule has 4 nitrogen and oxygen atoms in total. The Bertz CT molecular complexity index is 224. The van der Waals surface area contributed by atoms with Crippen LogP contribution >= 0.6 is 0 Å². The van der Waals surface area contributed by atoms with Gasteiger partial charge >= 0.3 is 0 Å². The number of rotatable bonds is 7. The van der Waals surface area contributed by atoms with E-state index in [1.54, 1.807) is 0 Å². The highest BCUT2D eigenvalue weighted by atomic mass is 16.5.